The summed E-state index contributed by atoms with van der Waals surface area (Å²) in [6, 6.07) is 15.5. The van der Waals surface area contributed by atoms with Crippen molar-refractivity contribution in [3.63, 3.8) is 0 Å². The molecular formula is C19H24N2O2. The average Bonchev–Trinajstić information content (AvgIpc) is 2.55. The molecule has 2 rings (SSSR count). The third-order valence-corrected chi connectivity index (χ3v) is 3.86. The predicted molar refractivity (Wildman–Crippen MR) is 92.9 cm³/mol. The first kappa shape index (κ1) is 17.0. The lowest BCUT2D eigenvalue weighted by Gasteiger charge is -2.26. The molecule has 2 aromatic rings. The van der Waals surface area contributed by atoms with E-state index in [2.05, 4.69) is 10.2 Å². The Labute approximate surface area is 138 Å². The molecule has 0 bridgehead atoms. The molecule has 4 nitrogen and oxygen atoms in total. The molecule has 122 valence electrons. The normalized spacial score (nSPS) is 12.0. The molecule has 0 aromatic heterocycles. The third kappa shape index (κ3) is 4.33. The molecule has 0 fully saturated rings. The lowest BCUT2D eigenvalue weighted by atomic mass is 10.0. The first-order valence-corrected chi connectivity index (χ1v) is 7.67. The Morgan fingerprint density at radius 2 is 1.91 bits per heavy atom. The van der Waals surface area contributed by atoms with Gasteiger partial charge < -0.3 is 15.0 Å². The zero-order chi connectivity index (χ0) is 16.8. The van der Waals surface area contributed by atoms with Gasteiger partial charge in [0.05, 0.1) is 13.2 Å². The Morgan fingerprint density at radius 1 is 1.17 bits per heavy atom. The molecule has 0 radical (unpaired) electrons. The molecule has 0 heterocycles. The van der Waals surface area contributed by atoms with E-state index in [1.54, 1.807) is 7.11 Å². The number of methoxy groups -OCH3 is 1. The molecule has 2 aromatic carbocycles. The Morgan fingerprint density at radius 3 is 2.57 bits per heavy atom. The van der Waals surface area contributed by atoms with E-state index in [1.807, 2.05) is 69.6 Å². The summed E-state index contributed by atoms with van der Waals surface area (Å²) in [5, 5.41) is 3.02. The summed E-state index contributed by atoms with van der Waals surface area (Å²) in [7, 11) is 5.66. The quantitative estimate of drug-likeness (QED) is 0.891. The standard InChI is InChI=1S/C19H24N2O2/c1-14-8-7-9-15(12-14)19(22)20-13-17(21(2)3)16-10-5-6-11-18(16)23-4/h5-12,17H,13H2,1-4H3,(H,20,22)/t17-/m0/s1. The molecule has 23 heavy (non-hydrogen) atoms. The number of likely N-dealkylation sites (N-methyl/N-ethyl adjacent to an activating group) is 1. The van der Waals surface area contributed by atoms with E-state index >= 15 is 0 Å². The van der Waals surface area contributed by atoms with Crippen LogP contribution in [0, 0.1) is 6.92 Å². The summed E-state index contributed by atoms with van der Waals surface area (Å²) in [6.45, 7) is 2.49. The summed E-state index contributed by atoms with van der Waals surface area (Å²) < 4.78 is 5.44. The number of carbonyl (C=O) groups is 1. The average molecular weight is 312 g/mol. The minimum Gasteiger partial charge on any atom is -0.496 e. The number of amides is 1. The highest BCUT2D eigenvalue weighted by Gasteiger charge is 2.19. The Kier molecular flexibility index (Phi) is 5.77. The van der Waals surface area contributed by atoms with Crippen LogP contribution in [0.1, 0.15) is 27.5 Å². The summed E-state index contributed by atoms with van der Waals surface area (Å²) in [5.74, 6) is 0.770. The van der Waals surface area contributed by atoms with E-state index < -0.39 is 0 Å². The van der Waals surface area contributed by atoms with Crippen LogP contribution in [-0.4, -0.2) is 38.6 Å². The molecule has 4 heteroatoms. The molecule has 1 atom stereocenters. The maximum Gasteiger partial charge on any atom is 0.251 e. The first-order valence-electron chi connectivity index (χ1n) is 7.67. The van der Waals surface area contributed by atoms with E-state index in [1.165, 1.54) is 0 Å². The number of aryl methyl sites for hydroxylation is 1. The van der Waals surface area contributed by atoms with Gasteiger partial charge in [-0.1, -0.05) is 35.9 Å². The van der Waals surface area contributed by atoms with Gasteiger partial charge in [-0.25, -0.2) is 0 Å². The van der Waals surface area contributed by atoms with E-state index in [0.717, 1.165) is 16.9 Å². The van der Waals surface area contributed by atoms with Crippen LogP contribution in [0.2, 0.25) is 0 Å². The predicted octanol–water partition coefficient (Wildman–Crippen LogP) is 3.04. The molecule has 1 N–H and O–H groups in total. The number of benzene rings is 2. The molecule has 0 aliphatic carbocycles. The number of carbonyl (C=O) groups excluding carboxylic acids is 1. The van der Waals surface area contributed by atoms with Crippen LogP contribution in [-0.2, 0) is 0 Å². The van der Waals surface area contributed by atoms with Crippen molar-refractivity contribution in [1.82, 2.24) is 10.2 Å². The van der Waals surface area contributed by atoms with Crippen LogP contribution in [0.3, 0.4) is 0 Å². The second kappa shape index (κ2) is 7.79. The van der Waals surface area contributed by atoms with Crippen LogP contribution < -0.4 is 10.1 Å². The highest BCUT2D eigenvalue weighted by atomic mass is 16.5. The zero-order valence-electron chi connectivity index (χ0n) is 14.2. The number of ether oxygens (including phenoxy) is 1. The van der Waals surface area contributed by atoms with Gasteiger partial charge in [0.2, 0.25) is 0 Å². The van der Waals surface area contributed by atoms with Crippen LogP contribution in [0.15, 0.2) is 48.5 Å². The molecule has 0 unspecified atom stereocenters. The second-order valence-electron chi connectivity index (χ2n) is 5.80. The van der Waals surface area contributed by atoms with Gasteiger partial charge in [-0.15, -0.1) is 0 Å². The monoisotopic (exact) mass is 312 g/mol. The van der Waals surface area contributed by atoms with Crippen LogP contribution in [0.25, 0.3) is 0 Å². The molecule has 1 amide bonds. The third-order valence-electron chi connectivity index (χ3n) is 3.86. The van der Waals surface area contributed by atoms with Gasteiger partial charge in [-0.3, -0.25) is 4.79 Å². The zero-order valence-corrected chi connectivity index (χ0v) is 14.2. The van der Waals surface area contributed by atoms with Crippen molar-refractivity contribution >= 4 is 5.91 Å². The van der Waals surface area contributed by atoms with Crippen molar-refractivity contribution in [1.29, 1.82) is 0 Å². The Balaban J connectivity index is 2.13. The van der Waals surface area contributed by atoms with Gasteiger partial charge in [-0.05, 0) is 39.2 Å². The SMILES string of the molecule is COc1ccccc1[C@H](CNC(=O)c1cccc(C)c1)N(C)C. The lowest BCUT2D eigenvalue weighted by molar-refractivity contribution is 0.0941. The summed E-state index contributed by atoms with van der Waals surface area (Å²) in [4.78, 5) is 14.4. The second-order valence-corrected chi connectivity index (χ2v) is 5.80. The number of hydrogen-bond donors (Lipinski definition) is 1. The fourth-order valence-corrected chi connectivity index (χ4v) is 2.59. The largest absolute Gasteiger partial charge is 0.496 e. The Bertz CT molecular complexity index is 668. The smallest absolute Gasteiger partial charge is 0.251 e. The molecule has 0 saturated heterocycles. The van der Waals surface area contributed by atoms with Gasteiger partial charge >= 0.3 is 0 Å². The van der Waals surface area contributed by atoms with Crippen molar-refractivity contribution in [2.24, 2.45) is 0 Å². The van der Waals surface area contributed by atoms with Crippen LogP contribution in [0.5, 0.6) is 5.75 Å². The van der Waals surface area contributed by atoms with Crippen molar-refractivity contribution < 1.29 is 9.53 Å². The number of nitrogens with zero attached hydrogens (tertiary/aromatic N) is 1. The fraction of sp³-hybridized carbons (Fsp3) is 0.316. The molecule has 0 spiro atoms. The van der Waals surface area contributed by atoms with Gasteiger partial charge in [-0.2, -0.15) is 0 Å². The lowest BCUT2D eigenvalue weighted by Crippen LogP contribution is -2.34. The topological polar surface area (TPSA) is 41.6 Å². The minimum absolute atomic E-state index is 0.0416. The number of nitrogens with one attached hydrogen (secondary N) is 1. The number of hydrogen-bond acceptors (Lipinski definition) is 3. The first-order chi connectivity index (χ1) is 11.0. The van der Waals surface area contributed by atoms with Gasteiger partial charge in [0.25, 0.3) is 5.91 Å². The highest BCUT2D eigenvalue weighted by Crippen LogP contribution is 2.27. The highest BCUT2D eigenvalue weighted by molar-refractivity contribution is 5.94. The minimum atomic E-state index is -0.0598. The van der Waals surface area contributed by atoms with E-state index in [-0.39, 0.29) is 11.9 Å². The molecular weight excluding hydrogens is 288 g/mol. The van der Waals surface area contributed by atoms with Gasteiger partial charge in [0.1, 0.15) is 5.75 Å². The number of para-hydroxylation sites is 1. The van der Waals surface area contributed by atoms with Gasteiger partial charge in [0.15, 0.2) is 0 Å². The van der Waals surface area contributed by atoms with Crippen molar-refractivity contribution in [2.75, 3.05) is 27.7 Å². The summed E-state index contributed by atoms with van der Waals surface area (Å²) in [6.07, 6.45) is 0. The maximum absolute atomic E-state index is 12.3. The molecule has 0 saturated carbocycles. The fourth-order valence-electron chi connectivity index (χ4n) is 2.59. The van der Waals surface area contributed by atoms with E-state index in [4.69, 9.17) is 4.74 Å². The molecule has 0 aliphatic rings. The van der Waals surface area contributed by atoms with Crippen LogP contribution >= 0.6 is 0 Å². The number of rotatable bonds is 6. The van der Waals surface area contributed by atoms with E-state index in [9.17, 15) is 4.79 Å². The van der Waals surface area contributed by atoms with Gasteiger partial charge in [0, 0.05) is 17.7 Å². The maximum atomic E-state index is 12.3. The van der Waals surface area contributed by atoms with Crippen molar-refractivity contribution in [3.05, 3.63) is 65.2 Å². The summed E-state index contributed by atoms with van der Waals surface area (Å²) >= 11 is 0. The van der Waals surface area contributed by atoms with Crippen LogP contribution in [0.4, 0.5) is 0 Å². The molecule has 0 aliphatic heterocycles. The van der Waals surface area contributed by atoms with Crippen molar-refractivity contribution in [2.45, 2.75) is 13.0 Å². The van der Waals surface area contributed by atoms with Crippen molar-refractivity contribution in [3.8, 4) is 5.75 Å². The summed E-state index contributed by atoms with van der Waals surface area (Å²) in [5.41, 5.74) is 2.82. The van der Waals surface area contributed by atoms with E-state index in [0.29, 0.717) is 12.1 Å². The Hall–Kier alpha value is -2.33.